The number of pyridine rings is 2. The molecule has 1 N–H and O–H groups in total. The van der Waals surface area contributed by atoms with Crippen LogP contribution in [0.3, 0.4) is 0 Å². The number of carboxylic acids is 1. The van der Waals surface area contributed by atoms with Gasteiger partial charge < -0.3 is 28.6 Å². The molecule has 0 bridgehead atoms. The third-order valence-electron chi connectivity index (χ3n) is 6.40. The number of hydrogen-bond donors (Lipinski definition) is 1. The number of carboxylic acid groups (broad SMARTS) is 1. The second kappa shape index (κ2) is 8.98. The van der Waals surface area contributed by atoms with Gasteiger partial charge in [0.15, 0.2) is 28.8 Å². The molecule has 9 heteroatoms. The Labute approximate surface area is 201 Å². The molecule has 2 aromatic heterocycles. The van der Waals surface area contributed by atoms with Crippen molar-refractivity contribution in [2.75, 3.05) is 20.3 Å². The van der Waals surface area contributed by atoms with E-state index in [0.29, 0.717) is 41.9 Å². The predicted octanol–water partition coefficient (Wildman–Crippen LogP) is 3.59. The monoisotopic (exact) mass is 478 g/mol. The Morgan fingerprint density at radius 3 is 2.86 bits per heavy atom. The first-order valence-electron chi connectivity index (χ1n) is 11.4. The lowest BCUT2D eigenvalue weighted by Gasteiger charge is -2.34. The highest BCUT2D eigenvalue weighted by atomic mass is 16.6. The van der Waals surface area contributed by atoms with Crippen LogP contribution in [0.5, 0.6) is 23.1 Å². The third-order valence-corrected chi connectivity index (χ3v) is 6.40. The number of aromatic carboxylic acids is 1. The normalized spacial score (nSPS) is 17.9. The number of nitrogens with zero attached hydrogens (tertiary/aromatic N) is 2. The molecule has 182 valence electrons. The van der Waals surface area contributed by atoms with Gasteiger partial charge in [0, 0.05) is 30.1 Å². The maximum absolute atomic E-state index is 12.5. The van der Waals surface area contributed by atoms with Gasteiger partial charge in [-0.05, 0) is 42.2 Å². The molecule has 5 rings (SSSR count). The Balaban J connectivity index is 1.47. The summed E-state index contributed by atoms with van der Waals surface area (Å²) in [6.07, 6.45) is 3.42. The average Bonchev–Trinajstić information content (AvgIpc) is 2.85. The maximum atomic E-state index is 12.5. The molecule has 2 unspecified atom stereocenters. The molecule has 9 nitrogen and oxygen atoms in total. The zero-order valence-corrected chi connectivity index (χ0v) is 19.7. The van der Waals surface area contributed by atoms with E-state index in [4.69, 9.17) is 18.9 Å². The summed E-state index contributed by atoms with van der Waals surface area (Å²) in [4.78, 5) is 28.3. The van der Waals surface area contributed by atoms with Crippen molar-refractivity contribution in [3.63, 3.8) is 0 Å². The average molecular weight is 479 g/mol. The summed E-state index contributed by atoms with van der Waals surface area (Å²) in [5.74, 6) is 1.08. The molecule has 0 amide bonds. The van der Waals surface area contributed by atoms with E-state index >= 15 is 0 Å². The van der Waals surface area contributed by atoms with Gasteiger partial charge in [-0.15, -0.1) is 0 Å². The summed E-state index contributed by atoms with van der Waals surface area (Å²) in [6, 6.07) is 8.74. The summed E-state index contributed by atoms with van der Waals surface area (Å²) in [5, 5.41) is 9.45. The van der Waals surface area contributed by atoms with E-state index in [1.165, 1.54) is 12.3 Å². The lowest BCUT2D eigenvalue weighted by Crippen LogP contribution is -2.35. The number of hydrogen-bond acceptors (Lipinski definition) is 7. The molecule has 0 fully saturated rings. The van der Waals surface area contributed by atoms with Crippen molar-refractivity contribution in [1.82, 2.24) is 9.55 Å². The van der Waals surface area contributed by atoms with Gasteiger partial charge >= 0.3 is 5.97 Å². The lowest BCUT2D eigenvalue weighted by molar-refractivity contribution is 0.0480. The molecule has 0 aliphatic carbocycles. The van der Waals surface area contributed by atoms with Gasteiger partial charge in [0.05, 0.1) is 12.8 Å². The molecule has 0 spiro atoms. The predicted molar refractivity (Wildman–Crippen MR) is 127 cm³/mol. The largest absolute Gasteiger partial charge is 0.493 e. The van der Waals surface area contributed by atoms with Crippen LogP contribution in [0.25, 0.3) is 11.3 Å². The van der Waals surface area contributed by atoms with E-state index in [1.807, 2.05) is 16.7 Å². The second-order valence-electron chi connectivity index (χ2n) is 8.99. The van der Waals surface area contributed by atoms with Crippen LogP contribution in [-0.4, -0.2) is 47.1 Å². The number of carbonyl (C=O) groups is 1. The first-order chi connectivity index (χ1) is 16.9. The van der Waals surface area contributed by atoms with Crippen molar-refractivity contribution in [3.8, 4) is 34.4 Å². The number of ether oxygens (including phenoxy) is 4. The molecular weight excluding hydrogens is 452 g/mol. The lowest BCUT2D eigenvalue weighted by atomic mass is 9.87. The van der Waals surface area contributed by atoms with Crippen molar-refractivity contribution in [2.45, 2.75) is 32.4 Å². The van der Waals surface area contributed by atoms with Gasteiger partial charge in [-0.3, -0.25) is 4.79 Å². The minimum absolute atomic E-state index is 0.0184. The standard InChI is InChI=1S/C26H26N2O7/c1-14(2)19-7-15-8-24(34-13-16-12-33-22-5-4-6-27-25(22)35-16)23(32-3)9-17(15)20-10-21(29)18(26(30)31)11-28(19)20/h4-6,8-11,14,16,19H,7,12-13H2,1-3H3,(H,30,31). The highest BCUT2D eigenvalue weighted by molar-refractivity contribution is 5.88. The summed E-state index contributed by atoms with van der Waals surface area (Å²) < 4.78 is 25.2. The third kappa shape index (κ3) is 4.18. The highest BCUT2D eigenvalue weighted by Crippen LogP contribution is 2.43. The van der Waals surface area contributed by atoms with E-state index in [2.05, 4.69) is 18.8 Å². The fourth-order valence-corrected chi connectivity index (χ4v) is 4.58. The molecule has 2 aliphatic rings. The molecular formula is C26H26N2O7. The quantitative estimate of drug-likeness (QED) is 0.573. The summed E-state index contributed by atoms with van der Waals surface area (Å²) in [5.41, 5.74) is 1.71. The number of aromatic nitrogens is 2. The second-order valence-corrected chi connectivity index (χ2v) is 8.99. The molecule has 3 aromatic rings. The Morgan fingerprint density at radius 2 is 2.11 bits per heavy atom. The van der Waals surface area contributed by atoms with E-state index in [-0.39, 0.29) is 30.2 Å². The Bertz CT molecular complexity index is 1350. The Morgan fingerprint density at radius 1 is 1.29 bits per heavy atom. The van der Waals surface area contributed by atoms with Gasteiger partial charge in [-0.25, -0.2) is 9.78 Å². The van der Waals surface area contributed by atoms with E-state index in [0.717, 1.165) is 11.1 Å². The number of rotatable bonds is 6. The molecule has 2 atom stereocenters. The van der Waals surface area contributed by atoms with Gasteiger partial charge in [0.2, 0.25) is 0 Å². The molecule has 0 radical (unpaired) electrons. The highest BCUT2D eigenvalue weighted by Gasteiger charge is 2.30. The van der Waals surface area contributed by atoms with Crippen molar-refractivity contribution >= 4 is 5.97 Å². The Hall–Kier alpha value is -4.01. The first-order valence-corrected chi connectivity index (χ1v) is 11.4. The van der Waals surface area contributed by atoms with Crippen LogP contribution in [0.1, 0.15) is 35.8 Å². The van der Waals surface area contributed by atoms with E-state index < -0.39 is 11.4 Å². The molecule has 0 saturated carbocycles. The number of methoxy groups -OCH3 is 1. The zero-order valence-electron chi connectivity index (χ0n) is 19.7. The van der Waals surface area contributed by atoms with Crippen molar-refractivity contribution in [3.05, 3.63) is 64.1 Å². The number of benzene rings is 1. The van der Waals surface area contributed by atoms with Crippen LogP contribution in [0.15, 0.2) is 47.5 Å². The fraction of sp³-hybridized carbons (Fsp3) is 0.346. The van der Waals surface area contributed by atoms with Crippen LogP contribution in [0.4, 0.5) is 0 Å². The molecule has 4 heterocycles. The maximum Gasteiger partial charge on any atom is 0.341 e. The number of fused-ring (bicyclic) bond motifs is 4. The summed E-state index contributed by atoms with van der Waals surface area (Å²) in [6.45, 7) is 4.72. The fourth-order valence-electron chi connectivity index (χ4n) is 4.58. The van der Waals surface area contributed by atoms with Gasteiger partial charge in [0.25, 0.3) is 5.88 Å². The smallest absolute Gasteiger partial charge is 0.341 e. The van der Waals surface area contributed by atoms with Crippen LogP contribution >= 0.6 is 0 Å². The Kier molecular flexibility index (Phi) is 5.84. The van der Waals surface area contributed by atoms with Gasteiger partial charge in [-0.2, -0.15) is 0 Å². The van der Waals surface area contributed by atoms with Gasteiger partial charge in [0.1, 0.15) is 18.8 Å². The first kappa shape index (κ1) is 22.8. The minimum Gasteiger partial charge on any atom is -0.493 e. The van der Waals surface area contributed by atoms with Crippen molar-refractivity contribution in [1.29, 1.82) is 0 Å². The molecule has 2 aliphatic heterocycles. The van der Waals surface area contributed by atoms with Crippen LogP contribution < -0.4 is 24.4 Å². The van der Waals surface area contributed by atoms with Crippen molar-refractivity contribution < 1.29 is 28.8 Å². The molecule has 0 saturated heterocycles. The van der Waals surface area contributed by atoms with Gasteiger partial charge in [-0.1, -0.05) is 13.8 Å². The van der Waals surface area contributed by atoms with E-state index in [9.17, 15) is 14.7 Å². The van der Waals surface area contributed by atoms with E-state index in [1.54, 1.807) is 25.4 Å². The molecule has 1 aromatic carbocycles. The van der Waals surface area contributed by atoms with Crippen LogP contribution in [-0.2, 0) is 6.42 Å². The molecule has 35 heavy (non-hydrogen) atoms. The van der Waals surface area contributed by atoms with Crippen LogP contribution in [0.2, 0.25) is 0 Å². The zero-order chi connectivity index (χ0) is 24.7. The summed E-state index contributed by atoms with van der Waals surface area (Å²) in [7, 11) is 1.55. The summed E-state index contributed by atoms with van der Waals surface area (Å²) >= 11 is 0. The SMILES string of the molecule is COc1cc2c(cc1OCC1COc3cccnc3O1)CC(C(C)C)n1cc(C(=O)O)c(=O)cc1-2. The van der Waals surface area contributed by atoms with Crippen LogP contribution in [0, 0.1) is 5.92 Å². The minimum atomic E-state index is -1.23. The topological polar surface area (TPSA) is 109 Å². The van der Waals surface area contributed by atoms with Crippen molar-refractivity contribution in [2.24, 2.45) is 5.92 Å².